The van der Waals surface area contributed by atoms with Gasteiger partial charge in [0.2, 0.25) is 0 Å². The van der Waals surface area contributed by atoms with E-state index in [1.807, 2.05) is 13.0 Å². The summed E-state index contributed by atoms with van der Waals surface area (Å²) in [7, 11) is 5.62. The van der Waals surface area contributed by atoms with Crippen molar-refractivity contribution in [3.8, 4) is 5.75 Å². The summed E-state index contributed by atoms with van der Waals surface area (Å²) in [5.41, 5.74) is 0.825. The molecule has 4 nitrogen and oxygen atoms in total. The van der Waals surface area contributed by atoms with Crippen LogP contribution in [0.3, 0.4) is 0 Å². The molecule has 0 saturated carbocycles. The lowest BCUT2D eigenvalue weighted by atomic mass is 10.1. The highest BCUT2D eigenvalue weighted by Crippen LogP contribution is 2.21. The first-order valence-corrected chi connectivity index (χ1v) is 7.01. The minimum Gasteiger partial charge on any atom is -0.494 e. The number of hydrogen-bond donors (Lipinski definition) is 3. The van der Waals surface area contributed by atoms with Gasteiger partial charge in [0.15, 0.2) is 16.7 Å². The van der Waals surface area contributed by atoms with Gasteiger partial charge in [-0.25, -0.2) is 4.39 Å². The third-order valence-electron chi connectivity index (χ3n) is 2.93. The number of halogens is 1. The highest BCUT2D eigenvalue weighted by molar-refractivity contribution is 7.80. The third-order valence-corrected chi connectivity index (χ3v) is 3.20. The molecular formula is C14H23FN3OS+. The van der Waals surface area contributed by atoms with E-state index in [9.17, 15) is 4.39 Å². The first-order chi connectivity index (χ1) is 9.43. The minimum absolute atomic E-state index is 0.0675. The molecule has 0 heterocycles. The molecule has 1 aromatic carbocycles. The van der Waals surface area contributed by atoms with Gasteiger partial charge in [-0.15, -0.1) is 0 Å². The van der Waals surface area contributed by atoms with E-state index in [4.69, 9.17) is 17.0 Å². The van der Waals surface area contributed by atoms with Gasteiger partial charge in [-0.3, -0.25) is 0 Å². The van der Waals surface area contributed by atoms with E-state index in [0.717, 1.165) is 18.7 Å². The van der Waals surface area contributed by atoms with Crippen LogP contribution in [0.5, 0.6) is 5.75 Å². The van der Waals surface area contributed by atoms with Gasteiger partial charge in [0.25, 0.3) is 0 Å². The molecular weight excluding hydrogens is 277 g/mol. The Balaban J connectivity index is 2.51. The Morgan fingerprint density at radius 2 is 2.15 bits per heavy atom. The predicted octanol–water partition coefficient (Wildman–Crippen LogP) is 0.504. The molecule has 1 atom stereocenters. The Morgan fingerprint density at radius 3 is 2.70 bits per heavy atom. The Morgan fingerprint density at radius 1 is 1.45 bits per heavy atom. The van der Waals surface area contributed by atoms with Crippen LogP contribution >= 0.6 is 12.2 Å². The molecule has 0 unspecified atom stereocenters. The predicted molar refractivity (Wildman–Crippen MR) is 82.8 cm³/mol. The van der Waals surface area contributed by atoms with E-state index in [-0.39, 0.29) is 17.6 Å². The average molecular weight is 300 g/mol. The number of likely N-dealkylation sites (N-methyl/N-ethyl adjacent to an activating group) is 1. The van der Waals surface area contributed by atoms with E-state index in [0.29, 0.717) is 5.11 Å². The monoisotopic (exact) mass is 300 g/mol. The second-order valence-corrected chi connectivity index (χ2v) is 5.38. The molecule has 0 aliphatic carbocycles. The fourth-order valence-corrected chi connectivity index (χ4v) is 1.99. The molecule has 0 radical (unpaired) electrons. The molecule has 0 aliphatic rings. The van der Waals surface area contributed by atoms with Gasteiger partial charge in [0, 0.05) is 0 Å². The SMILES string of the molecule is COc1ccc([C@H](C)NC(=S)NCC[NH+](C)C)cc1F. The van der Waals surface area contributed by atoms with E-state index in [1.54, 1.807) is 6.07 Å². The van der Waals surface area contributed by atoms with Crippen molar-refractivity contribution in [2.75, 3.05) is 34.3 Å². The first-order valence-electron chi connectivity index (χ1n) is 6.61. The van der Waals surface area contributed by atoms with Crippen molar-refractivity contribution in [3.05, 3.63) is 29.6 Å². The van der Waals surface area contributed by atoms with Crippen LogP contribution in [0.15, 0.2) is 18.2 Å². The molecule has 0 saturated heterocycles. The number of methoxy groups -OCH3 is 1. The zero-order valence-corrected chi connectivity index (χ0v) is 13.2. The van der Waals surface area contributed by atoms with Crippen molar-refractivity contribution in [1.82, 2.24) is 10.6 Å². The molecule has 20 heavy (non-hydrogen) atoms. The number of hydrogen-bond acceptors (Lipinski definition) is 2. The molecule has 1 rings (SSSR count). The lowest BCUT2D eigenvalue weighted by Gasteiger charge is -2.18. The summed E-state index contributed by atoms with van der Waals surface area (Å²) in [5.74, 6) is -0.121. The number of thiocarbonyl (C=S) groups is 1. The topological polar surface area (TPSA) is 37.7 Å². The molecule has 0 fully saturated rings. The zero-order chi connectivity index (χ0) is 15.1. The smallest absolute Gasteiger partial charge is 0.166 e. The van der Waals surface area contributed by atoms with Gasteiger partial charge in [-0.05, 0) is 36.8 Å². The maximum Gasteiger partial charge on any atom is 0.166 e. The molecule has 6 heteroatoms. The maximum atomic E-state index is 13.6. The summed E-state index contributed by atoms with van der Waals surface area (Å²) in [5, 5.41) is 6.85. The standard InChI is InChI=1S/C14H22FN3OS/c1-10(17-14(20)16-7-8-18(2)3)11-5-6-13(19-4)12(15)9-11/h5-6,9-10H,7-8H2,1-4H3,(H2,16,17,20)/p+1/t10-/m0/s1. The Bertz CT molecular complexity index is 454. The number of rotatable bonds is 6. The molecule has 0 spiro atoms. The van der Waals surface area contributed by atoms with Crippen LogP contribution in [0.25, 0.3) is 0 Å². The zero-order valence-electron chi connectivity index (χ0n) is 12.4. The Labute approximate surface area is 125 Å². The molecule has 1 aromatic rings. The number of ether oxygens (including phenoxy) is 1. The quantitative estimate of drug-likeness (QED) is 0.669. The second-order valence-electron chi connectivity index (χ2n) is 4.97. The number of quaternary nitrogens is 1. The second kappa shape index (κ2) is 8.01. The number of nitrogens with one attached hydrogen (secondary N) is 3. The van der Waals surface area contributed by atoms with Crippen molar-refractivity contribution in [2.45, 2.75) is 13.0 Å². The third kappa shape index (κ3) is 5.30. The maximum absolute atomic E-state index is 13.6. The van der Waals surface area contributed by atoms with Gasteiger partial charge in [0.1, 0.15) is 0 Å². The highest BCUT2D eigenvalue weighted by atomic mass is 32.1. The van der Waals surface area contributed by atoms with Gasteiger partial charge < -0.3 is 20.3 Å². The molecule has 112 valence electrons. The number of benzene rings is 1. The summed E-state index contributed by atoms with van der Waals surface area (Å²) in [4.78, 5) is 1.35. The summed E-state index contributed by atoms with van der Waals surface area (Å²) in [6.07, 6.45) is 0. The van der Waals surface area contributed by atoms with E-state index < -0.39 is 0 Å². The van der Waals surface area contributed by atoms with E-state index in [2.05, 4.69) is 24.7 Å². The molecule has 0 aromatic heterocycles. The van der Waals surface area contributed by atoms with Crippen molar-refractivity contribution in [2.24, 2.45) is 0 Å². The lowest BCUT2D eigenvalue weighted by molar-refractivity contribution is -0.856. The highest BCUT2D eigenvalue weighted by Gasteiger charge is 2.10. The minimum atomic E-state index is -0.367. The van der Waals surface area contributed by atoms with Crippen LogP contribution in [-0.4, -0.2) is 39.4 Å². The molecule has 3 N–H and O–H groups in total. The van der Waals surface area contributed by atoms with E-state index in [1.165, 1.54) is 18.1 Å². The van der Waals surface area contributed by atoms with Crippen LogP contribution in [0.1, 0.15) is 18.5 Å². The van der Waals surface area contributed by atoms with Crippen LogP contribution in [0.2, 0.25) is 0 Å². The molecule has 0 amide bonds. The molecule has 0 bridgehead atoms. The molecule has 0 aliphatic heterocycles. The fourth-order valence-electron chi connectivity index (χ4n) is 1.71. The summed E-state index contributed by atoms with van der Waals surface area (Å²) in [6.45, 7) is 3.72. The Hall–Kier alpha value is -1.40. The lowest BCUT2D eigenvalue weighted by Crippen LogP contribution is -3.06. The van der Waals surface area contributed by atoms with Crippen LogP contribution in [0, 0.1) is 5.82 Å². The average Bonchev–Trinajstić information content (AvgIpc) is 2.38. The Kier molecular flexibility index (Phi) is 6.67. The van der Waals surface area contributed by atoms with Crippen LogP contribution in [0.4, 0.5) is 4.39 Å². The van der Waals surface area contributed by atoms with Gasteiger partial charge in [-0.1, -0.05) is 6.07 Å². The van der Waals surface area contributed by atoms with Crippen molar-refractivity contribution in [3.63, 3.8) is 0 Å². The van der Waals surface area contributed by atoms with E-state index >= 15 is 0 Å². The summed E-state index contributed by atoms with van der Waals surface area (Å²) in [6, 6.07) is 4.84. The van der Waals surface area contributed by atoms with Crippen molar-refractivity contribution < 1.29 is 14.0 Å². The van der Waals surface area contributed by atoms with Gasteiger partial charge in [0.05, 0.1) is 40.3 Å². The van der Waals surface area contributed by atoms with Gasteiger partial charge >= 0.3 is 0 Å². The largest absolute Gasteiger partial charge is 0.494 e. The summed E-state index contributed by atoms with van der Waals surface area (Å²) >= 11 is 5.21. The van der Waals surface area contributed by atoms with Gasteiger partial charge in [-0.2, -0.15) is 0 Å². The van der Waals surface area contributed by atoms with Crippen molar-refractivity contribution >= 4 is 17.3 Å². The van der Waals surface area contributed by atoms with Crippen molar-refractivity contribution in [1.29, 1.82) is 0 Å². The van der Waals surface area contributed by atoms with Crippen LogP contribution < -0.4 is 20.3 Å². The fraction of sp³-hybridized carbons (Fsp3) is 0.500. The summed E-state index contributed by atoms with van der Waals surface area (Å²) < 4.78 is 18.5. The normalized spacial score (nSPS) is 12.1. The van der Waals surface area contributed by atoms with Crippen LogP contribution in [-0.2, 0) is 0 Å². The first kappa shape index (κ1) is 16.7.